The molecule has 0 bridgehead atoms. The van der Waals surface area contributed by atoms with Gasteiger partial charge in [0.05, 0.1) is 19.3 Å². The molecule has 0 spiro atoms. The topological polar surface area (TPSA) is 47.9 Å². The summed E-state index contributed by atoms with van der Waals surface area (Å²) >= 11 is 0. The molecule has 0 aliphatic heterocycles. The molecule has 1 aromatic rings. The lowest BCUT2D eigenvalue weighted by Crippen LogP contribution is -2.21. The Morgan fingerprint density at radius 2 is 2.00 bits per heavy atom. The van der Waals surface area contributed by atoms with Crippen LogP contribution >= 0.6 is 0 Å². The van der Waals surface area contributed by atoms with Crippen LogP contribution in [-0.2, 0) is 20.6 Å². The Morgan fingerprint density at radius 1 is 1.16 bits per heavy atom. The summed E-state index contributed by atoms with van der Waals surface area (Å²) in [6.07, 6.45) is 1.03. The minimum Gasteiger partial charge on any atom is -0.386 e. The van der Waals surface area contributed by atoms with Crippen molar-refractivity contribution in [3.8, 4) is 0 Å². The number of aliphatic hydroxyl groups is 1. The first-order chi connectivity index (χ1) is 9.33. The fourth-order valence-corrected chi connectivity index (χ4v) is 2.35. The van der Waals surface area contributed by atoms with Crippen LogP contribution in [0, 0.1) is 0 Å². The van der Waals surface area contributed by atoms with Crippen molar-refractivity contribution in [2.45, 2.75) is 25.0 Å². The standard InChI is InChI=1S/C15H22O4/c1-17-7-4-8-18-9-10-19-14-11-12-5-2-3-6-13(12)15(14)16/h2-3,5-6,14-16H,4,7-11H2,1H3. The van der Waals surface area contributed by atoms with Crippen molar-refractivity contribution in [1.29, 1.82) is 0 Å². The Labute approximate surface area is 114 Å². The number of aliphatic hydroxyl groups excluding tert-OH is 1. The van der Waals surface area contributed by atoms with Crippen LogP contribution in [0.4, 0.5) is 0 Å². The van der Waals surface area contributed by atoms with Gasteiger partial charge >= 0.3 is 0 Å². The predicted octanol–water partition coefficient (Wildman–Crippen LogP) is 1.71. The summed E-state index contributed by atoms with van der Waals surface area (Å²) in [7, 11) is 1.68. The van der Waals surface area contributed by atoms with E-state index in [0.717, 1.165) is 25.0 Å². The highest BCUT2D eigenvalue weighted by atomic mass is 16.5. The van der Waals surface area contributed by atoms with E-state index in [1.54, 1.807) is 7.11 Å². The van der Waals surface area contributed by atoms with Crippen molar-refractivity contribution < 1.29 is 19.3 Å². The van der Waals surface area contributed by atoms with Crippen LogP contribution in [-0.4, -0.2) is 44.7 Å². The fraction of sp³-hybridized carbons (Fsp3) is 0.600. The molecular weight excluding hydrogens is 244 g/mol. The van der Waals surface area contributed by atoms with Crippen LogP contribution in [0.1, 0.15) is 23.7 Å². The lowest BCUT2D eigenvalue weighted by Gasteiger charge is -2.16. The third kappa shape index (κ3) is 4.01. The maximum absolute atomic E-state index is 10.1. The predicted molar refractivity (Wildman–Crippen MR) is 72.2 cm³/mol. The minimum absolute atomic E-state index is 0.139. The summed E-state index contributed by atoms with van der Waals surface area (Å²) in [6.45, 7) is 2.48. The van der Waals surface area contributed by atoms with Crippen molar-refractivity contribution in [3.63, 3.8) is 0 Å². The molecule has 2 atom stereocenters. The molecule has 4 nitrogen and oxygen atoms in total. The van der Waals surface area contributed by atoms with E-state index in [-0.39, 0.29) is 6.10 Å². The van der Waals surface area contributed by atoms with E-state index < -0.39 is 6.10 Å². The SMILES string of the molecule is COCCCOCCOC1Cc2ccccc2C1O. The van der Waals surface area contributed by atoms with Gasteiger partial charge in [0.25, 0.3) is 0 Å². The zero-order valence-electron chi connectivity index (χ0n) is 11.4. The number of hydrogen-bond donors (Lipinski definition) is 1. The van der Waals surface area contributed by atoms with Gasteiger partial charge in [-0.15, -0.1) is 0 Å². The normalized spacial score (nSPS) is 21.6. The van der Waals surface area contributed by atoms with Crippen LogP contribution in [0.5, 0.6) is 0 Å². The Bertz CT molecular complexity index is 380. The average molecular weight is 266 g/mol. The molecule has 0 heterocycles. The van der Waals surface area contributed by atoms with E-state index in [4.69, 9.17) is 14.2 Å². The molecule has 0 saturated heterocycles. The monoisotopic (exact) mass is 266 g/mol. The molecule has 1 N–H and O–H groups in total. The maximum Gasteiger partial charge on any atom is 0.106 e. The third-order valence-electron chi connectivity index (χ3n) is 3.34. The third-order valence-corrected chi connectivity index (χ3v) is 3.34. The van der Waals surface area contributed by atoms with Gasteiger partial charge in [-0.3, -0.25) is 0 Å². The molecule has 0 saturated carbocycles. The highest BCUT2D eigenvalue weighted by Gasteiger charge is 2.30. The van der Waals surface area contributed by atoms with Crippen LogP contribution in [0.15, 0.2) is 24.3 Å². The molecule has 1 aliphatic carbocycles. The number of rotatable bonds is 8. The summed E-state index contributed by atoms with van der Waals surface area (Å²) in [4.78, 5) is 0. The van der Waals surface area contributed by atoms with Gasteiger partial charge in [0.1, 0.15) is 6.10 Å². The summed E-state index contributed by atoms with van der Waals surface area (Å²) in [5, 5.41) is 10.1. The highest BCUT2D eigenvalue weighted by Crippen LogP contribution is 2.32. The summed E-state index contributed by atoms with van der Waals surface area (Å²) in [5.74, 6) is 0. The van der Waals surface area contributed by atoms with Crippen molar-refractivity contribution in [2.24, 2.45) is 0 Å². The number of ether oxygens (including phenoxy) is 3. The van der Waals surface area contributed by atoms with Crippen molar-refractivity contribution in [1.82, 2.24) is 0 Å². The molecule has 4 heteroatoms. The van der Waals surface area contributed by atoms with Crippen LogP contribution in [0.25, 0.3) is 0 Å². The maximum atomic E-state index is 10.1. The first-order valence-electron chi connectivity index (χ1n) is 6.77. The Balaban J connectivity index is 1.63. The first kappa shape index (κ1) is 14.5. The van der Waals surface area contributed by atoms with Gasteiger partial charge in [-0.05, 0) is 17.5 Å². The number of fused-ring (bicyclic) bond motifs is 1. The van der Waals surface area contributed by atoms with Gasteiger partial charge in [0.15, 0.2) is 0 Å². The van der Waals surface area contributed by atoms with Gasteiger partial charge in [-0.1, -0.05) is 24.3 Å². The van der Waals surface area contributed by atoms with Crippen molar-refractivity contribution in [2.75, 3.05) is 33.5 Å². The fourth-order valence-electron chi connectivity index (χ4n) is 2.35. The number of methoxy groups -OCH3 is 1. The van der Waals surface area contributed by atoms with Crippen LogP contribution in [0.2, 0.25) is 0 Å². The second-order valence-electron chi connectivity index (χ2n) is 4.72. The number of benzene rings is 1. The zero-order valence-corrected chi connectivity index (χ0v) is 11.4. The van der Waals surface area contributed by atoms with Gasteiger partial charge < -0.3 is 19.3 Å². The van der Waals surface area contributed by atoms with E-state index in [2.05, 4.69) is 0 Å². The lowest BCUT2D eigenvalue weighted by atomic mass is 10.1. The molecule has 0 radical (unpaired) electrons. The first-order valence-corrected chi connectivity index (χ1v) is 6.77. The summed E-state index contributed by atoms with van der Waals surface area (Å²) in [5.41, 5.74) is 2.18. The van der Waals surface area contributed by atoms with E-state index in [1.807, 2.05) is 24.3 Å². The molecule has 2 unspecified atom stereocenters. The molecular formula is C15H22O4. The Morgan fingerprint density at radius 3 is 2.79 bits per heavy atom. The van der Waals surface area contributed by atoms with Gasteiger partial charge in [-0.25, -0.2) is 0 Å². The molecule has 0 aromatic heterocycles. The van der Waals surface area contributed by atoms with Crippen molar-refractivity contribution >= 4 is 0 Å². The zero-order chi connectivity index (χ0) is 13.5. The van der Waals surface area contributed by atoms with Gasteiger partial charge in [0, 0.05) is 26.7 Å². The molecule has 0 fully saturated rings. The van der Waals surface area contributed by atoms with Gasteiger partial charge in [-0.2, -0.15) is 0 Å². The second-order valence-corrected chi connectivity index (χ2v) is 4.72. The molecule has 0 amide bonds. The smallest absolute Gasteiger partial charge is 0.106 e. The molecule has 2 rings (SSSR count). The van der Waals surface area contributed by atoms with Crippen molar-refractivity contribution in [3.05, 3.63) is 35.4 Å². The molecule has 106 valence electrons. The molecule has 1 aliphatic rings. The quantitative estimate of drug-likeness (QED) is 0.728. The minimum atomic E-state index is -0.510. The van der Waals surface area contributed by atoms with E-state index in [9.17, 15) is 5.11 Å². The van der Waals surface area contributed by atoms with Crippen LogP contribution in [0.3, 0.4) is 0 Å². The van der Waals surface area contributed by atoms with E-state index >= 15 is 0 Å². The largest absolute Gasteiger partial charge is 0.386 e. The van der Waals surface area contributed by atoms with Crippen LogP contribution < -0.4 is 0 Å². The average Bonchev–Trinajstić information content (AvgIpc) is 2.75. The number of hydrogen-bond acceptors (Lipinski definition) is 4. The molecule has 1 aromatic carbocycles. The second kappa shape index (κ2) is 7.60. The molecule has 19 heavy (non-hydrogen) atoms. The Kier molecular flexibility index (Phi) is 5.79. The highest BCUT2D eigenvalue weighted by molar-refractivity contribution is 5.35. The summed E-state index contributed by atoms with van der Waals surface area (Å²) in [6, 6.07) is 7.95. The van der Waals surface area contributed by atoms with E-state index in [0.29, 0.717) is 19.8 Å². The summed E-state index contributed by atoms with van der Waals surface area (Å²) < 4.78 is 16.1. The van der Waals surface area contributed by atoms with Gasteiger partial charge in [0.2, 0.25) is 0 Å². The Hall–Kier alpha value is -0.940. The lowest BCUT2D eigenvalue weighted by molar-refractivity contribution is -0.0493. The van der Waals surface area contributed by atoms with E-state index in [1.165, 1.54) is 5.56 Å².